The van der Waals surface area contributed by atoms with Gasteiger partial charge < -0.3 is 9.47 Å². The van der Waals surface area contributed by atoms with E-state index in [2.05, 4.69) is 12.2 Å². The first-order valence-corrected chi connectivity index (χ1v) is 4.25. The second-order valence-corrected chi connectivity index (χ2v) is 3.06. The maximum atomic E-state index is 5.17. The van der Waals surface area contributed by atoms with Gasteiger partial charge in [0.1, 0.15) is 11.5 Å². The van der Waals surface area contributed by atoms with Crippen LogP contribution in [0.5, 0.6) is 11.5 Å². The molecule has 13 heavy (non-hydrogen) atoms. The minimum atomic E-state index is 0.490. The highest BCUT2D eigenvalue weighted by molar-refractivity contribution is 5.46. The lowest BCUT2D eigenvalue weighted by atomic mass is 10.1. The molecule has 0 bridgehead atoms. The van der Waals surface area contributed by atoms with Gasteiger partial charge in [-0.05, 0) is 17.7 Å². The molecule has 2 rings (SSSR count). The summed E-state index contributed by atoms with van der Waals surface area (Å²) in [6.45, 7) is 0. The fraction of sp³-hybridized carbons (Fsp3) is 0.273. The summed E-state index contributed by atoms with van der Waals surface area (Å²) in [5, 5.41) is 0. The monoisotopic (exact) mass is 176 g/mol. The summed E-state index contributed by atoms with van der Waals surface area (Å²) in [4.78, 5) is 0. The molecule has 2 heteroatoms. The molecule has 1 aromatic rings. The van der Waals surface area contributed by atoms with E-state index in [9.17, 15) is 0 Å². The average Bonchev–Trinajstić information content (AvgIpc) is 3.00. The second-order valence-electron chi connectivity index (χ2n) is 3.06. The highest BCUT2D eigenvalue weighted by atomic mass is 16.5. The maximum absolute atomic E-state index is 5.17. The summed E-state index contributed by atoms with van der Waals surface area (Å²) < 4.78 is 10.3. The molecule has 2 nitrogen and oxygen atoms in total. The van der Waals surface area contributed by atoms with Crippen LogP contribution in [0.2, 0.25) is 0 Å². The number of benzene rings is 1. The Morgan fingerprint density at radius 2 is 1.46 bits per heavy atom. The normalized spacial score (nSPS) is 14.3. The fourth-order valence-corrected chi connectivity index (χ4v) is 1.30. The Bertz CT molecular complexity index is 314. The van der Waals surface area contributed by atoms with Crippen LogP contribution in [0.15, 0.2) is 30.4 Å². The van der Waals surface area contributed by atoms with Crippen LogP contribution in [-0.4, -0.2) is 14.2 Å². The van der Waals surface area contributed by atoms with Gasteiger partial charge in [0, 0.05) is 12.0 Å². The van der Waals surface area contributed by atoms with Gasteiger partial charge in [-0.1, -0.05) is 12.2 Å². The van der Waals surface area contributed by atoms with Crippen molar-refractivity contribution in [2.45, 2.75) is 5.92 Å². The van der Waals surface area contributed by atoms with Gasteiger partial charge in [-0.3, -0.25) is 0 Å². The van der Waals surface area contributed by atoms with Crippen LogP contribution < -0.4 is 9.47 Å². The minimum absolute atomic E-state index is 0.490. The molecule has 0 radical (unpaired) electrons. The summed E-state index contributed by atoms with van der Waals surface area (Å²) in [5.74, 6) is 2.19. The van der Waals surface area contributed by atoms with E-state index in [1.165, 1.54) is 5.56 Å². The van der Waals surface area contributed by atoms with E-state index in [1.54, 1.807) is 14.2 Å². The SMILES string of the molecule is COc1cc(OC)cc(C2C=C2)c1. The molecule has 0 atom stereocenters. The van der Waals surface area contributed by atoms with E-state index in [4.69, 9.17) is 9.47 Å². The average molecular weight is 176 g/mol. The molecule has 1 aliphatic rings. The van der Waals surface area contributed by atoms with Gasteiger partial charge in [0.05, 0.1) is 14.2 Å². The van der Waals surface area contributed by atoms with Crippen molar-refractivity contribution < 1.29 is 9.47 Å². The third-order valence-electron chi connectivity index (χ3n) is 2.14. The van der Waals surface area contributed by atoms with Crippen LogP contribution >= 0.6 is 0 Å². The van der Waals surface area contributed by atoms with E-state index in [0.29, 0.717) is 5.92 Å². The van der Waals surface area contributed by atoms with E-state index < -0.39 is 0 Å². The van der Waals surface area contributed by atoms with E-state index in [-0.39, 0.29) is 0 Å². The van der Waals surface area contributed by atoms with Gasteiger partial charge in [-0.15, -0.1) is 0 Å². The summed E-state index contributed by atoms with van der Waals surface area (Å²) in [7, 11) is 3.33. The standard InChI is InChI=1S/C11H12O2/c1-12-10-5-9(8-3-4-8)6-11(7-10)13-2/h3-8H,1-2H3. The lowest BCUT2D eigenvalue weighted by Gasteiger charge is -2.07. The minimum Gasteiger partial charge on any atom is -0.497 e. The van der Waals surface area contributed by atoms with Crippen molar-refractivity contribution >= 4 is 0 Å². The molecule has 0 aliphatic heterocycles. The summed E-state index contributed by atoms with van der Waals surface area (Å²) >= 11 is 0. The Labute approximate surface area is 77.8 Å². The van der Waals surface area contributed by atoms with Gasteiger partial charge >= 0.3 is 0 Å². The van der Waals surface area contributed by atoms with Gasteiger partial charge in [0.2, 0.25) is 0 Å². The zero-order chi connectivity index (χ0) is 9.26. The number of hydrogen-bond acceptors (Lipinski definition) is 2. The number of hydrogen-bond donors (Lipinski definition) is 0. The Hall–Kier alpha value is -1.44. The fourth-order valence-electron chi connectivity index (χ4n) is 1.30. The van der Waals surface area contributed by atoms with Gasteiger partial charge in [-0.2, -0.15) is 0 Å². The van der Waals surface area contributed by atoms with Crippen LogP contribution in [0.3, 0.4) is 0 Å². The van der Waals surface area contributed by atoms with Gasteiger partial charge in [0.25, 0.3) is 0 Å². The van der Waals surface area contributed by atoms with Gasteiger partial charge in [0.15, 0.2) is 0 Å². The first kappa shape index (κ1) is 8.17. The molecule has 1 aliphatic carbocycles. The third kappa shape index (κ3) is 1.66. The molecule has 68 valence electrons. The zero-order valence-corrected chi connectivity index (χ0v) is 7.78. The van der Waals surface area contributed by atoms with Crippen LogP contribution in [0.1, 0.15) is 11.5 Å². The zero-order valence-electron chi connectivity index (χ0n) is 7.78. The largest absolute Gasteiger partial charge is 0.497 e. The first-order chi connectivity index (χ1) is 6.33. The third-order valence-corrected chi connectivity index (χ3v) is 2.14. The topological polar surface area (TPSA) is 18.5 Å². The lowest BCUT2D eigenvalue weighted by molar-refractivity contribution is 0.393. The molecule has 0 aromatic heterocycles. The smallest absolute Gasteiger partial charge is 0.122 e. The van der Waals surface area contributed by atoms with Crippen molar-refractivity contribution in [2.75, 3.05) is 14.2 Å². The van der Waals surface area contributed by atoms with Crippen molar-refractivity contribution in [3.8, 4) is 11.5 Å². The lowest BCUT2D eigenvalue weighted by Crippen LogP contribution is -1.90. The summed E-state index contributed by atoms with van der Waals surface area (Å²) in [6, 6.07) is 5.95. The van der Waals surface area contributed by atoms with Gasteiger partial charge in [-0.25, -0.2) is 0 Å². The molecule has 0 amide bonds. The van der Waals surface area contributed by atoms with Crippen molar-refractivity contribution in [1.82, 2.24) is 0 Å². The molecule has 0 saturated carbocycles. The Kier molecular flexibility index (Phi) is 1.97. The van der Waals surface area contributed by atoms with Crippen molar-refractivity contribution in [3.05, 3.63) is 35.9 Å². The van der Waals surface area contributed by atoms with Crippen LogP contribution in [0, 0.1) is 0 Å². The molecular formula is C11H12O2. The molecule has 1 aromatic carbocycles. The Morgan fingerprint density at radius 3 is 1.85 bits per heavy atom. The second kappa shape index (κ2) is 3.13. The van der Waals surface area contributed by atoms with E-state index >= 15 is 0 Å². The first-order valence-electron chi connectivity index (χ1n) is 4.25. The van der Waals surface area contributed by atoms with Crippen molar-refractivity contribution in [1.29, 1.82) is 0 Å². The highest BCUT2D eigenvalue weighted by Gasteiger charge is 2.15. The van der Waals surface area contributed by atoms with Crippen molar-refractivity contribution in [3.63, 3.8) is 0 Å². The number of rotatable bonds is 3. The predicted octanol–water partition coefficient (Wildman–Crippen LogP) is 2.36. The molecule has 0 N–H and O–H groups in total. The molecule has 0 fully saturated rings. The quantitative estimate of drug-likeness (QED) is 0.658. The summed E-state index contributed by atoms with van der Waals surface area (Å²) in [5.41, 5.74) is 1.23. The highest BCUT2D eigenvalue weighted by Crippen LogP contribution is 2.34. The van der Waals surface area contributed by atoms with Crippen molar-refractivity contribution in [2.24, 2.45) is 0 Å². The molecule has 0 spiro atoms. The Balaban J connectivity index is 2.33. The molecular weight excluding hydrogens is 164 g/mol. The predicted molar refractivity (Wildman–Crippen MR) is 51.4 cm³/mol. The Morgan fingerprint density at radius 1 is 0.923 bits per heavy atom. The van der Waals surface area contributed by atoms with E-state index in [1.807, 2.05) is 18.2 Å². The van der Waals surface area contributed by atoms with E-state index in [0.717, 1.165) is 11.5 Å². The molecule has 0 heterocycles. The number of ether oxygens (including phenoxy) is 2. The number of allylic oxidation sites excluding steroid dienone is 2. The van der Waals surface area contributed by atoms with Crippen LogP contribution in [0.4, 0.5) is 0 Å². The maximum Gasteiger partial charge on any atom is 0.122 e. The summed E-state index contributed by atoms with van der Waals surface area (Å²) in [6.07, 6.45) is 4.29. The van der Waals surface area contributed by atoms with Crippen LogP contribution in [-0.2, 0) is 0 Å². The van der Waals surface area contributed by atoms with Crippen LogP contribution in [0.25, 0.3) is 0 Å². The number of methoxy groups -OCH3 is 2. The molecule has 0 unspecified atom stereocenters. The molecule has 0 saturated heterocycles.